The van der Waals surface area contributed by atoms with Gasteiger partial charge in [-0.25, -0.2) is 4.79 Å². The standard InChI is InChI=1S/C44H63N3O18S/c1-22(2)30(18-29(48)19-46-28(21-63-12-13-66(60,61)62)17-31(41(46)56)47-34(50)14-23(3)40(47)55)39(54)45-24(4)32(49)16-25-8-9-27(20-64-43(59)44(5,6)7)26(15-25)10-11-33-35(51)36(52)37(53)38(65-33)42(57)58/h8-9,15,22-24,28,30-31,33,35-38,51-53H,10-14,16-21H2,1-7H3,(H,45,54)(H,57,58)(H,60,61,62)/t23?,24-,28-,30-,31-,33-,35-,36+,37-,38?/m0/s1. The van der Waals surface area contributed by atoms with Gasteiger partial charge in [-0.2, -0.15) is 8.42 Å². The fourth-order valence-electron chi connectivity index (χ4n) is 8.06. The van der Waals surface area contributed by atoms with E-state index in [1.54, 1.807) is 59.7 Å². The van der Waals surface area contributed by atoms with E-state index in [1.807, 2.05) is 0 Å². The van der Waals surface area contributed by atoms with Crippen molar-refractivity contribution in [2.45, 2.75) is 142 Å². The lowest BCUT2D eigenvalue weighted by molar-refractivity contribution is -0.228. The summed E-state index contributed by atoms with van der Waals surface area (Å²) in [5.74, 6) is -8.17. The molecule has 10 atom stereocenters. The molecule has 1 aromatic rings. The number of Topliss-reactive ketones (excluding diaryl/α,β-unsaturated/α-hetero) is 2. The Morgan fingerprint density at radius 1 is 0.970 bits per heavy atom. The number of aliphatic hydroxyl groups excluding tert-OH is 3. The van der Waals surface area contributed by atoms with E-state index >= 15 is 0 Å². The summed E-state index contributed by atoms with van der Waals surface area (Å²) in [5, 5.41) is 43.2. The molecule has 3 fully saturated rings. The number of likely N-dealkylation sites (tertiary alicyclic amines) is 2. The maximum Gasteiger partial charge on any atom is 0.335 e. The third kappa shape index (κ3) is 13.9. The van der Waals surface area contributed by atoms with Crippen molar-refractivity contribution in [3.8, 4) is 0 Å². The zero-order valence-corrected chi connectivity index (χ0v) is 39.0. The van der Waals surface area contributed by atoms with Crippen LogP contribution < -0.4 is 5.32 Å². The Bertz CT molecular complexity index is 2120. The lowest BCUT2D eigenvalue weighted by atomic mass is 9.89. The van der Waals surface area contributed by atoms with Gasteiger partial charge in [-0.15, -0.1) is 0 Å². The lowest BCUT2D eigenvalue weighted by Gasteiger charge is -2.39. The predicted molar refractivity (Wildman–Crippen MR) is 229 cm³/mol. The van der Waals surface area contributed by atoms with E-state index in [0.717, 1.165) is 9.80 Å². The summed E-state index contributed by atoms with van der Waals surface area (Å²) >= 11 is 0. The second-order valence-electron chi connectivity index (χ2n) is 18.8. The van der Waals surface area contributed by atoms with Gasteiger partial charge in [0.25, 0.3) is 10.1 Å². The maximum absolute atomic E-state index is 13.7. The SMILES string of the molecule is CC1CC(=O)N([C@H]2C[C@@H](COCCS(=O)(=O)O)N(CC(=O)C[C@H](C(=O)N[C@@H](C)C(=O)Cc3ccc(COC(=O)C(C)(C)C)c(CC[C@@H]4OC(C(=O)O)[C@@H](O)[C@H](O)[C@H]4O)c3)C(C)C)C2=O)C1=O. The van der Waals surface area contributed by atoms with Crippen LogP contribution in [0.1, 0.15) is 90.8 Å². The van der Waals surface area contributed by atoms with Crippen molar-refractivity contribution < 1.29 is 86.0 Å². The number of carboxylic acid groups (broad SMARTS) is 1. The van der Waals surface area contributed by atoms with Crippen LogP contribution in [0.5, 0.6) is 0 Å². The molecule has 2 unspecified atom stereocenters. The molecule has 3 aliphatic heterocycles. The highest BCUT2D eigenvalue weighted by Crippen LogP contribution is 2.31. The fourth-order valence-corrected chi connectivity index (χ4v) is 8.39. The van der Waals surface area contributed by atoms with Gasteiger partial charge >= 0.3 is 11.9 Å². The molecule has 0 spiro atoms. The number of carboxylic acids is 1. The highest BCUT2D eigenvalue weighted by atomic mass is 32.2. The molecule has 21 nitrogen and oxygen atoms in total. The van der Waals surface area contributed by atoms with Gasteiger partial charge in [0.05, 0.1) is 49.1 Å². The number of nitrogens with zero attached hydrogens (tertiary/aromatic N) is 2. The highest BCUT2D eigenvalue weighted by Gasteiger charge is 2.51. The molecule has 6 N–H and O–H groups in total. The molecule has 0 aliphatic carbocycles. The largest absolute Gasteiger partial charge is 0.479 e. The number of ketones is 2. The predicted octanol–water partition coefficient (Wildman–Crippen LogP) is -0.240. The van der Waals surface area contributed by atoms with Crippen molar-refractivity contribution in [2.75, 3.05) is 25.5 Å². The Labute approximate surface area is 383 Å². The van der Waals surface area contributed by atoms with Crippen LogP contribution in [0.15, 0.2) is 18.2 Å². The van der Waals surface area contributed by atoms with Crippen molar-refractivity contribution in [1.29, 1.82) is 0 Å². The first kappa shape index (κ1) is 53.9. The number of amides is 4. The number of aliphatic hydroxyl groups is 3. The van der Waals surface area contributed by atoms with Crippen LogP contribution in [-0.2, 0) is 82.1 Å². The monoisotopic (exact) mass is 953 g/mol. The van der Waals surface area contributed by atoms with Crippen LogP contribution in [0.25, 0.3) is 0 Å². The number of imide groups is 1. The Hall–Kier alpha value is -4.71. The Morgan fingerprint density at radius 3 is 2.21 bits per heavy atom. The molecule has 1 aromatic carbocycles. The first-order valence-electron chi connectivity index (χ1n) is 21.9. The molecule has 0 radical (unpaired) electrons. The normalized spacial score (nSPS) is 25.8. The lowest BCUT2D eigenvalue weighted by Crippen LogP contribution is -2.59. The molecule has 22 heteroatoms. The first-order chi connectivity index (χ1) is 30.6. The minimum Gasteiger partial charge on any atom is -0.479 e. The topological polar surface area (TPSA) is 318 Å². The molecule has 368 valence electrons. The van der Waals surface area contributed by atoms with E-state index < -0.39 is 148 Å². The number of ether oxygens (including phenoxy) is 3. The number of nitrogens with one attached hydrogen (secondary N) is 1. The average molecular weight is 954 g/mol. The van der Waals surface area contributed by atoms with Crippen LogP contribution in [0, 0.1) is 23.2 Å². The molecular weight excluding hydrogens is 891 g/mol. The van der Waals surface area contributed by atoms with Gasteiger partial charge in [0.15, 0.2) is 17.7 Å². The van der Waals surface area contributed by atoms with Crippen LogP contribution in [0.4, 0.5) is 0 Å². The molecule has 0 saturated carbocycles. The number of carbonyl (C=O) groups excluding carboxylic acids is 7. The second kappa shape index (κ2) is 22.4. The number of aryl methyl sites for hydroxylation is 1. The molecule has 4 amide bonds. The summed E-state index contributed by atoms with van der Waals surface area (Å²) in [7, 11) is -4.36. The number of rotatable bonds is 22. The van der Waals surface area contributed by atoms with Crippen molar-refractivity contribution >= 4 is 57.3 Å². The van der Waals surface area contributed by atoms with Crippen molar-refractivity contribution in [3.05, 3.63) is 34.9 Å². The van der Waals surface area contributed by atoms with E-state index in [9.17, 15) is 67.2 Å². The molecular formula is C44H63N3O18S. The Kier molecular flexibility index (Phi) is 18.3. The number of aliphatic carboxylic acids is 1. The Morgan fingerprint density at radius 2 is 1.64 bits per heavy atom. The van der Waals surface area contributed by atoms with Gasteiger partial charge in [0.1, 0.15) is 31.0 Å². The molecule has 3 aliphatic rings. The molecule has 3 saturated heterocycles. The van der Waals surface area contributed by atoms with Crippen molar-refractivity contribution in [2.24, 2.45) is 23.2 Å². The van der Waals surface area contributed by atoms with Crippen LogP contribution in [-0.4, -0.2) is 164 Å². The smallest absolute Gasteiger partial charge is 0.335 e. The minimum absolute atomic E-state index is 0.0385. The molecule has 66 heavy (non-hydrogen) atoms. The summed E-state index contributed by atoms with van der Waals surface area (Å²) in [6, 6.07) is 1.79. The molecule has 4 rings (SSSR count). The number of esters is 1. The van der Waals surface area contributed by atoms with Gasteiger partial charge in [0.2, 0.25) is 23.6 Å². The van der Waals surface area contributed by atoms with Gasteiger partial charge in [-0.1, -0.05) is 39.0 Å². The van der Waals surface area contributed by atoms with E-state index in [4.69, 9.17) is 18.8 Å². The van der Waals surface area contributed by atoms with E-state index in [1.165, 1.54) is 6.92 Å². The number of hydrogen-bond acceptors (Lipinski definition) is 16. The first-order valence-corrected chi connectivity index (χ1v) is 23.5. The fraction of sp³-hybridized carbons (Fsp3) is 0.682. The summed E-state index contributed by atoms with van der Waals surface area (Å²) in [4.78, 5) is 107. The van der Waals surface area contributed by atoms with E-state index in [2.05, 4.69) is 5.32 Å². The van der Waals surface area contributed by atoms with Crippen molar-refractivity contribution in [1.82, 2.24) is 15.1 Å². The van der Waals surface area contributed by atoms with Gasteiger partial charge in [-0.3, -0.25) is 43.0 Å². The molecule has 0 aromatic heterocycles. The van der Waals surface area contributed by atoms with Crippen LogP contribution in [0.3, 0.4) is 0 Å². The van der Waals surface area contributed by atoms with E-state index in [-0.39, 0.29) is 51.7 Å². The average Bonchev–Trinajstić information content (AvgIpc) is 3.65. The van der Waals surface area contributed by atoms with Crippen molar-refractivity contribution in [3.63, 3.8) is 0 Å². The second-order valence-corrected chi connectivity index (χ2v) is 20.4. The molecule has 0 bridgehead atoms. The zero-order valence-electron chi connectivity index (χ0n) is 38.2. The number of hydrogen-bond donors (Lipinski definition) is 6. The number of carbonyl (C=O) groups is 8. The summed E-state index contributed by atoms with van der Waals surface area (Å²) < 4.78 is 47.9. The summed E-state index contributed by atoms with van der Waals surface area (Å²) in [6.07, 6.45) is -8.98. The van der Waals surface area contributed by atoms with E-state index in [0.29, 0.717) is 16.7 Å². The third-order valence-electron chi connectivity index (χ3n) is 12.1. The highest BCUT2D eigenvalue weighted by molar-refractivity contribution is 7.85. The quantitative estimate of drug-likeness (QED) is 0.0378. The third-order valence-corrected chi connectivity index (χ3v) is 12.8. The maximum atomic E-state index is 13.7. The van der Waals surface area contributed by atoms with Gasteiger partial charge in [0, 0.05) is 31.1 Å². The summed E-state index contributed by atoms with van der Waals surface area (Å²) in [6.45, 7) is 10.1. The van der Waals surface area contributed by atoms with Crippen LogP contribution >= 0.6 is 0 Å². The summed E-state index contributed by atoms with van der Waals surface area (Å²) in [5.41, 5.74) is 0.744. The van der Waals surface area contributed by atoms with Gasteiger partial charge in [-0.05, 0) is 69.6 Å². The van der Waals surface area contributed by atoms with Crippen LogP contribution in [0.2, 0.25) is 0 Å². The minimum atomic E-state index is -4.36. The Balaban J connectivity index is 1.44. The number of benzene rings is 1. The zero-order chi connectivity index (χ0) is 49.6. The molecule has 3 heterocycles. The van der Waals surface area contributed by atoms with Gasteiger partial charge < -0.3 is 44.9 Å².